The largest absolute Gasteiger partial charge is 0.328 e. The Labute approximate surface area is 178 Å². The van der Waals surface area contributed by atoms with Crippen LogP contribution in [0.15, 0.2) is 90.7 Å². The van der Waals surface area contributed by atoms with E-state index in [4.69, 9.17) is 5.10 Å². The lowest BCUT2D eigenvalue weighted by Crippen LogP contribution is -2.31. The molecule has 1 aromatic carbocycles. The Morgan fingerprint density at radius 1 is 1.00 bits per heavy atom. The van der Waals surface area contributed by atoms with Gasteiger partial charge in [0.1, 0.15) is 6.04 Å². The second-order valence-electron chi connectivity index (χ2n) is 7.11. The fraction of sp³-hybridized carbons (Fsp3) is 0.0870. The first-order valence-electron chi connectivity index (χ1n) is 9.82. The average molecular weight is 409 g/mol. The number of hydrogen-bond donors (Lipinski definition) is 2. The van der Waals surface area contributed by atoms with Crippen molar-refractivity contribution in [3.8, 4) is 11.4 Å². The van der Waals surface area contributed by atoms with Crippen molar-refractivity contribution in [2.45, 2.75) is 13.0 Å². The molecule has 152 valence electrons. The van der Waals surface area contributed by atoms with Crippen molar-refractivity contribution in [2.24, 2.45) is 0 Å². The molecule has 0 unspecified atom stereocenters. The van der Waals surface area contributed by atoms with E-state index >= 15 is 0 Å². The highest BCUT2D eigenvalue weighted by molar-refractivity contribution is 6.06. The van der Waals surface area contributed by atoms with Crippen molar-refractivity contribution in [1.29, 1.82) is 0 Å². The number of rotatable bonds is 4. The number of benzene rings is 1. The van der Waals surface area contributed by atoms with Crippen LogP contribution in [-0.4, -0.2) is 30.6 Å². The molecule has 8 nitrogen and oxygen atoms in total. The number of allylic oxidation sites excluding steroid dienone is 1. The highest BCUT2D eigenvalue weighted by atomic mass is 16.1. The van der Waals surface area contributed by atoms with Gasteiger partial charge in [0, 0.05) is 41.7 Å². The Bertz CT molecular complexity index is 1250. The van der Waals surface area contributed by atoms with Crippen LogP contribution < -0.4 is 10.6 Å². The Morgan fingerprint density at radius 3 is 2.55 bits per heavy atom. The normalized spacial score (nSPS) is 15.2. The summed E-state index contributed by atoms with van der Waals surface area (Å²) in [5, 5.41) is 10.9. The summed E-state index contributed by atoms with van der Waals surface area (Å²) in [5.41, 5.74) is 3.69. The van der Waals surface area contributed by atoms with Gasteiger partial charge in [0.25, 0.3) is 5.91 Å². The van der Waals surface area contributed by atoms with E-state index < -0.39 is 6.04 Å². The van der Waals surface area contributed by atoms with Gasteiger partial charge in [-0.15, -0.1) is 5.10 Å². The first-order chi connectivity index (χ1) is 15.2. The molecule has 0 aliphatic carbocycles. The molecule has 5 rings (SSSR count). The van der Waals surface area contributed by atoms with Crippen LogP contribution in [0.3, 0.4) is 0 Å². The van der Waals surface area contributed by atoms with Gasteiger partial charge in [-0.05, 0) is 48.9 Å². The molecular formula is C23H19N7O. The maximum atomic E-state index is 13.4. The molecule has 3 aromatic heterocycles. The molecule has 0 spiro atoms. The number of carbonyl (C=O) groups is 1. The molecule has 4 aromatic rings. The third-order valence-electron chi connectivity index (χ3n) is 5.07. The van der Waals surface area contributed by atoms with Crippen LogP contribution in [0.1, 0.15) is 18.5 Å². The van der Waals surface area contributed by atoms with Crippen LogP contribution in [0, 0.1) is 0 Å². The van der Waals surface area contributed by atoms with Gasteiger partial charge in [-0.1, -0.05) is 18.2 Å². The number of hydrogen-bond acceptors (Lipinski definition) is 6. The van der Waals surface area contributed by atoms with Crippen molar-refractivity contribution in [3.63, 3.8) is 0 Å². The zero-order valence-electron chi connectivity index (χ0n) is 16.7. The Balaban J connectivity index is 1.60. The van der Waals surface area contributed by atoms with Gasteiger partial charge in [0.15, 0.2) is 5.82 Å². The molecule has 1 aliphatic heterocycles. The van der Waals surface area contributed by atoms with Crippen LogP contribution in [-0.2, 0) is 4.79 Å². The predicted molar refractivity (Wildman–Crippen MR) is 117 cm³/mol. The zero-order valence-corrected chi connectivity index (χ0v) is 16.7. The van der Waals surface area contributed by atoms with E-state index in [0.29, 0.717) is 23.0 Å². The smallest absolute Gasteiger partial charge is 0.255 e. The quantitative estimate of drug-likeness (QED) is 0.534. The summed E-state index contributed by atoms with van der Waals surface area (Å²) in [4.78, 5) is 26.3. The van der Waals surface area contributed by atoms with E-state index in [9.17, 15) is 4.79 Å². The van der Waals surface area contributed by atoms with E-state index in [1.165, 1.54) is 0 Å². The van der Waals surface area contributed by atoms with E-state index in [2.05, 4.69) is 25.6 Å². The second-order valence-corrected chi connectivity index (χ2v) is 7.11. The van der Waals surface area contributed by atoms with Gasteiger partial charge in [-0.2, -0.15) is 4.98 Å². The van der Waals surface area contributed by atoms with Gasteiger partial charge >= 0.3 is 0 Å². The molecule has 0 saturated carbocycles. The molecule has 1 amide bonds. The lowest BCUT2D eigenvalue weighted by atomic mass is 9.96. The topological polar surface area (TPSA) is 97.6 Å². The highest BCUT2D eigenvalue weighted by Crippen LogP contribution is 2.36. The number of aromatic nitrogens is 5. The lowest BCUT2D eigenvalue weighted by molar-refractivity contribution is -0.113. The summed E-state index contributed by atoms with van der Waals surface area (Å²) in [7, 11) is 0. The second kappa shape index (κ2) is 7.83. The zero-order chi connectivity index (χ0) is 21.2. The summed E-state index contributed by atoms with van der Waals surface area (Å²) in [5.74, 6) is 0.892. The molecule has 0 saturated heterocycles. The number of fused-ring (bicyclic) bond motifs is 1. The Hall–Kier alpha value is -4.33. The number of nitrogens with zero attached hydrogens (tertiary/aromatic N) is 5. The van der Waals surface area contributed by atoms with Gasteiger partial charge in [0.05, 0.1) is 5.57 Å². The van der Waals surface area contributed by atoms with E-state index in [-0.39, 0.29) is 5.91 Å². The van der Waals surface area contributed by atoms with Crippen LogP contribution in [0.2, 0.25) is 0 Å². The van der Waals surface area contributed by atoms with E-state index in [1.807, 2.05) is 61.5 Å². The number of amides is 1. The van der Waals surface area contributed by atoms with Crippen molar-refractivity contribution in [2.75, 3.05) is 10.6 Å². The number of para-hydroxylation sites is 1. The van der Waals surface area contributed by atoms with Gasteiger partial charge < -0.3 is 10.6 Å². The summed E-state index contributed by atoms with van der Waals surface area (Å²) in [6, 6.07) is 16.4. The van der Waals surface area contributed by atoms with Crippen LogP contribution in [0.25, 0.3) is 11.4 Å². The number of nitrogens with one attached hydrogen (secondary N) is 2. The Morgan fingerprint density at radius 2 is 1.81 bits per heavy atom. The molecule has 0 radical (unpaired) electrons. The highest BCUT2D eigenvalue weighted by Gasteiger charge is 2.34. The fourth-order valence-corrected chi connectivity index (χ4v) is 3.64. The minimum atomic E-state index is -0.458. The molecule has 4 heterocycles. The molecule has 1 aliphatic rings. The standard InChI is InChI=1S/C23H19N7O/c1-15-19(22(31)27-18-7-3-2-4-8-18)20(16-9-12-24-13-10-16)30-23(26-15)28-21(29-30)17-6-5-11-25-14-17/h2-14,20H,1H3,(H,27,31)(H,26,28,29)/t20-/m0/s1. The average Bonchev–Trinajstić information content (AvgIpc) is 3.23. The molecule has 2 N–H and O–H groups in total. The SMILES string of the molecule is CC1=C(C(=O)Nc2ccccc2)[C@H](c2ccncc2)n2nc(-c3cccnc3)nc2N1. The van der Waals surface area contributed by atoms with E-state index in [1.54, 1.807) is 29.5 Å². The summed E-state index contributed by atoms with van der Waals surface area (Å²) < 4.78 is 1.74. The summed E-state index contributed by atoms with van der Waals surface area (Å²) in [6.45, 7) is 1.87. The number of carbonyl (C=O) groups excluding carboxylic acids is 1. The maximum Gasteiger partial charge on any atom is 0.255 e. The van der Waals surface area contributed by atoms with Crippen LogP contribution >= 0.6 is 0 Å². The predicted octanol–water partition coefficient (Wildman–Crippen LogP) is 3.66. The third-order valence-corrected chi connectivity index (χ3v) is 5.07. The Kier molecular flexibility index (Phi) is 4.72. The van der Waals surface area contributed by atoms with Crippen molar-refractivity contribution >= 4 is 17.5 Å². The summed E-state index contributed by atoms with van der Waals surface area (Å²) in [6.07, 6.45) is 6.83. The number of pyridine rings is 2. The van der Waals surface area contributed by atoms with Crippen LogP contribution in [0.5, 0.6) is 0 Å². The minimum Gasteiger partial charge on any atom is -0.328 e. The summed E-state index contributed by atoms with van der Waals surface area (Å²) >= 11 is 0. The van der Waals surface area contributed by atoms with Crippen molar-refractivity contribution in [3.05, 3.63) is 96.2 Å². The molecule has 0 bridgehead atoms. The molecule has 0 fully saturated rings. The first-order valence-corrected chi connectivity index (χ1v) is 9.82. The van der Waals surface area contributed by atoms with Gasteiger partial charge in [0.2, 0.25) is 5.95 Å². The molecular weight excluding hydrogens is 390 g/mol. The molecule has 1 atom stereocenters. The lowest BCUT2D eigenvalue weighted by Gasteiger charge is -2.28. The molecule has 8 heteroatoms. The molecule has 31 heavy (non-hydrogen) atoms. The monoisotopic (exact) mass is 409 g/mol. The van der Waals surface area contributed by atoms with Gasteiger partial charge in [-0.3, -0.25) is 14.8 Å². The van der Waals surface area contributed by atoms with E-state index in [0.717, 1.165) is 16.8 Å². The number of anilines is 2. The van der Waals surface area contributed by atoms with Crippen molar-refractivity contribution < 1.29 is 4.79 Å². The van der Waals surface area contributed by atoms with Gasteiger partial charge in [-0.25, -0.2) is 4.68 Å². The minimum absolute atomic E-state index is 0.206. The van der Waals surface area contributed by atoms with Crippen molar-refractivity contribution in [1.82, 2.24) is 24.7 Å². The van der Waals surface area contributed by atoms with Crippen LogP contribution in [0.4, 0.5) is 11.6 Å². The third kappa shape index (κ3) is 3.55. The maximum absolute atomic E-state index is 13.4. The fourth-order valence-electron chi connectivity index (χ4n) is 3.64. The first kappa shape index (κ1) is 18.7.